The molecule has 1 aromatic rings. The van der Waals surface area contributed by atoms with E-state index in [1.807, 2.05) is 0 Å². The molecule has 0 aromatic carbocycles. The molecule has 0 radical (unpaired) electrons. The summed E-state index contributed by atoms with van der Waals surface area (Å²) >= 11 is 0. The normalized spacial score (nSPS) is 19.5. The molecule has 1 aliphatic heterocycles. The van der Waals surface area contributed by atoms with Gasteiger partial charge in [0.25, 0.3) is 0 Å². The van der Waals surface area contributed by atoms with Crippen LogP contribution >= 0.6 is 0 Å². The molecule has 94 valence electrons. The smallest absolute Gasteiger partial charge is 0.249 e. The first-order valence-electron chi connectivity index (χ1n) is 6.20. The number of nitrogens with one attached hydrogen (secondary N) is 1. The van der Waals surface area contributed by atoms with E-state index in [0.29, 0.717) is 13.2 Å². The van der Waals surface area contributed by atoms with E-state index in [4.69, 9.17) is 4.74 Å². The number of rotatable bonds is 4. The second kappa shape index (κ2) is 5.36. The van der Waals surface area contributed by atoms with Gasteiger partial charge in [0.15, 0.2) is 0 Å². The van der Waals surface area contributed by atoms with Gasteiger partial charge in [-0.15, -0.1) is 0 Å². The largest absolute Gasteiger partial charge is 0.368 e. The number of ether oxygens (including phenoxy) is 1. The Morgan fingerprint density at radius 2 is 2.18 bits per heavy atom. The Labute approximate surface area is 102 Å². The minimum atomic E-state index is -0.221. The summed E-state index contributed by atoms with van der Waals surface area (Å²) < 4.78 is 7.54. The van der Waals surface area contributed by atoms with Gasteiger partial charge in [-0.1, -0.05) is 0 Å². The third-order valence-electron chi connectivity index (χ3n) is 3.27. The van der Waals surface area contributed by atoms with E-state index in [9.17, 15) is 4.79 Å². The topological polar surface area (TPSA) is 43.3 Å². The second-order valence-electron chi connectivity index (χ2n) is 4.56. The number of carbonyl (C=O) groups is 1. The predicted octanol–water partition coefficient (Wildman–Crippen LogP) is 1.40. The molecule has 0 saturated carbocycles. The van der Waals surface area contributed by atoms with Crippen molar-refractivity contribution >= 4 is 5.91 Å². The van der Waals surface area contributed by atoms with Gasteiger partial charge in [0, 0.05) is 31.1 Å². The summed E-state index contributed by atoms with van der Waals surface area (Å²) in [5.41, 5.74) is 2.46. The van der Waals surface area contributed by atoms with Gasteiger partial charge in [-0.3, -0.25) is 4.79 Å². The van der Waals surface area contributed by atoms with Gasteiger partial charge in [-0.05, 0) is 38.8 Å². The molecule has 1 unspecified atom stereocenters. The number of hydrogen-bond acceptors (Lipinski definition) is 2. The highest BCUT2D eigenvalue weighted by Gasteiger charge is 2.22. The standard InChI is InChI=1S/C13H20N2O2/c1-10-5-6-11(2)15(10)8-7-14-13(16)12-4-3-9-17-12/h5-6,12H,3-4,7-9H2,1-2H3,(H,14,16). The van der Waals surface area contributed by atoms with Gasteiger partial charge < -0.3 is 14.6 Å². The zero-order valence-corrected chi connectivity index (χ0v) is 10.5. The molecule has 4 heteroatoms. The van der Waals surface area contributed by atoms with Crippen LogP contribution in [0.1, 0.15) is 24.2 Å². The summed E-state index contributed by atoms with van der Waals surface area (Å²) in [7, 11) is 0. The van der Waals surface area contributed by atoms with Gasteiger partial charge in [0.2, 0.25) is 5.91 Å². The molecule has 1 aromatic heterocycles. The Morgan fingerprint density at radius 1 is 1.47 bits per heavy atom. The SMILES string of the molecule is Cc1ccc(C)n1CCNC(=O)C1CCCO1. The Balaban J connectivity index is 1.77. The minimum Gasteiger partial charge on any atom is -0.368 e. The summed E-state index contributed by atoms with van der Waals surface area (Å²) in [4.78, 5) is 11.7. The Bertz CT molecular complexity index is 373. The molecule has 1 amide bonds. The molecule has 0 bridgehead atoms. The molecule has 0 spiro atoms. The highest BCUT2D eigenvalue weighted by molar-refractivity contribution is 5.80. The summed E-state index contributed by atoms with van der Waals surface area (Å²) in [6, 6.07) is 4.19. The fourth-order valence-corrected chi connectivity index (χ4v) is 2.24. The fourth-order valence-electron chi connectivity index (χ4n) is 2.24. The average molecular weight is 236 g/mol. The van der Waals surface area contributed by atoms with Crippen LogP contribution in [0.15, 0.2) is 12.1 Å². The van der Waals surface area contributed by atoms with Crippen molar-refractivity contribution in [3.8, 4) is 0 Å². The predicted molar refractivity (Wildman–Crippen MR) is 65.9 cm³/mol. The first-order chi connectivity index (χ1) is 8.18. The van der Waals surface area contributed by atoms with Crippen LogP contribution in [-0.2, 0) is 16.1 Å². The van der Waals surface area contributed by atoms with Crippen LogP contribution in [0.25, 0.3) is 0 Å². The molecule has 1 aliphatic rings. The van der Waals surface area contributed by atoms with Crippen LogP contribution in [0.3, 0.4) is 0 Å². The first-order valence-corrected chi connectivity index (χ1v) is 6.20. The van der Waals surface area contributed by atoms with Gasteiger partial charge in [-0.25, -0.2) is 0 Å². The monoisotopic (exact) mass is 236 g/mol. The maximum atomic E-state index is 11.7. The molecule has 17 heavy (non-hydrogen) atoms. The maximum Gasteiger partial charge on any atom is 0.249 e. The lowest BCUT2D eigenvalue weighted by molar-refractivity contribution is -0.130. The van der Waals surface area contributed by atoms with Crippen LogP contribution < -0.4 is 5.32 Å². The van der Waals surface area contributed by atoms with E-state index in [-0.39, 0.29) is 12.0 Å². The first kappa shape index (κ1) is 12.2. The van der Waals surface area contributed by atoms with Gasteiger partial charge in [-0.2, -0.15) is 0 Å². The summed E-state index contributed by atoms with van der Waals surface area (Å²) in [5.74, 6) is 0.0324. The van der Waals surface area contributed by atoms with Crippen LogP contribution in [0, 0.1) is 13.8 Å². The Hall–Kier alpha value is -1.29. The Kier molecular flexibility index (Phi) is 3.84. The molecule has 1 atom stereocenters. The molecule has 2 heterocycles. The van der Waals surface area contributed by atoms with E-state index in [0.717, 1.165) is 19.4 Å². The van der Waals surface area contributed by atoms with Crippen molar-refractivity contribution < 1.29 is 9.53 Å². The summed E-state index contributed by atoms with van der Waals surface area (Å²) in [6.07, 6.45) is 1.63. The lowest BCUT2D eigenvalue weighted by atomic mass is 10.2. The van der Waals surface area contributed by atoms with Crippen LogP contribution in [-0.4, -0.2) is 29.7 Å². The van der Waals surface area contributed by atoms with E-state index < -0.39 is 0 Å². The van der Waals surface area contributed by atoms with Crippen molar-refractivity contribution in [1.29, 1.82) is 0 Å². The number of carbonyl (C=O) groups excluding carboxylic acids is 1. The fraction of sp³-hybridized carbons (Fsp3) is 0.615. The molecular weight excluding hydrogens is 216 g/mol. The maximum absolute atomic E-state index is 11.7. The van der Waals surface area contributed by atoms with Crippen LogP contribution in [0.4, 0.5) is 0 Å². The quantitative estimate of drug-likeness (QED) is 0.858. The summed E-state index contributed by atoms with van der Waals surface area (Å²) in [5, 5.41) is 2.93. The summed E-state index contributed by atoms with van der Waals surface area (Å²) in [6.45, 7) is 6.36. The van der Waals surface area contributed by atoms with Gasteiger partial charge in [0.1, 0.15) is 6.10 Å². The molecule has 1 saturated heterocycles. The number of amides is 1. The van der Waals surface area contributed by atoms with Gasteiger partial charge in [0.05, 0.1) is 0 Å². The highest BCUT2D eigenvalue weighted by atomic mass is 16.5. The van der Waals surface area contributed by atoms with E-state index in [1.54, 1.807) is 0 Å². The zero-order chi connectivity index (χ0) is 12.3. The molecule has 0 aliphatic carbocycles. The lowest BCUT2D eigenvalue weighted by Gasteiger charge is -2.12. The second-order valence-corrected chi connectivity index (χ2v) is 4.56. The van der Waals surface area contributed by atoms with Crippen molar-refractivity contribution in [3.63, 3.8) is 0 Å². The Morgan fingerprint density at radius 3 is 2.76 bits per heavy atom. The van der Waals surface area contributed by atoms with Crippen molar-refractivity contribution in [2.45, 2.75) is 39.3 Å². The zero-order valence-electron chi connectivity index (χ0n) is 10.5. The highest BCUT2D eigenvalue weighted by Crippen LogP contribution is 2.11. The molecule has 1 fully saturated rings. The van der Waals surface area contributed by atoms with Crippen molar-refractivity contribution in [2.24, 2.45) is 0 Å². The van der Waals surface area contributed by atoms with Crippen LogP contribution in [0.5, 0.6) is 0 Å². The van der Waals surface area contributed by atoms with Crippen molar-refractivity contribution in [3.05, 3.63) is 23.5 Å². The third-order valence-corrected chi connectivity index (χ3v) is 3.27. The van der Waals surface area contributed by atoms with Crippen molar-refractivity contribution in [1.82, 2.24) is 9.88 Å². The number of nitrogens with zero attached hydrogens (tertiary/aromatic N) is 1. The molecule has 2 rings (SSSR count). The van der Waals surface area contributed by atoms with E-state index >= 15 is 0 Å². The van der Waals surface area contributed by atoms with Crippen molar-refractivity contribution in [2.75, 3.05) is 13.2 Å². The van der Waals surface area contributed by atoms with Gasteiger partial charge >= 0.3 is 0 Å². The van der Waals surface area contributed by atoms with Crippen LogP contribution in [0.2, 0.25) is 0 Å². The molecule has 4 nitrogen and oxygen atoms in total. The minimum absolute atomic E-state index is 0.0324. The number of aryl methyl sites for hydroxylation is 2. The average Bonchev–Trinajstić information content (AvgIpc) is 2.93. The number of aromatic nitrogens is 1. The lowest BCUT2D eigenvalue weighted by Crippen LogP contribution is -2.36. The molecular formula is C13H20N2O2. The number of hydrogen-bond donors (Lipinski definition) is 1. The van der Waals surface area contributed by atoms with E-state index in [2.05, 4.69) is 35.9 Å². The third kappa shape index (κ3) is 2.88. The van der Waals surface area contributed by atoms with E-state index in [1.165, 1.54) is 11.4 Å². The molecule has 1 N–H and O–H groups in total.